The monoisotopic (exact) mass is 362 g/mol. The van der Waals surface area contributed by atoms with E-state index in [2.05, 4.69) is 10.5 Å². The zero-order chi connectivity index (χ0) is 18.2. The van der Waals surface area contributed by atoms with Gasteiger partial charge in [-0.25, -0.2) is 5.43 Å². The molecule has 0 aliphatic carbocycles. The summed E-state index contributed by atoms with van der Waals surface area (Å²) >= 11 is 5.82. The molecule has 0 radical (unpaired) electrons. The first-order chi connectivity index (χ1) is 12.1. The van der Waals surface area contributed by atoms with Crippen LogP contribution < -0.4 is 19.6 Å². The van der Waals surface area contributed by atoms with Crippen molar-refractivity contribution < 1.29 is 19.0 Å². The summed E-state index contributed by atoms with van der Waals surface area (Å²) in [6, 6.07) is 10.5. The van der Waals surface area contributed by atoms with Crippen LogP contribution in [0.1, 0.15) is 11.1 Å². The van der Waals surface area contributed by atoms with E-state index in [1.54, 1.807) is 36.4 Å². The molecule has 0 aliphatic heterocycles. The molecule has 7 heteroatoms. The van der Waals surface area contributed by atoms with Crippen molar-refractivity contribution in [3.05, 3.63) is 52.5 Å². The Hall–Kier alpha value is -2.73. The molecular weight excluding hydrogens is 344 g/mol. The third kappa shape index (κ3) is 5.12. The fourth-order valence-electron chi connectivity index (χ4n) is 2.18. The van der Waals surface area contributed by atoms with Gasteiger partial charge < -0.3 is 14.2 Å². The molecular formula is C18H19ClN2O4. The molecule has 1 amide bonds. The summed E-state index contributed by atoms with van der Waals surface area (Å²) in [4.78, 5) is 11.9. The number of hydrogen-bond donors (Lipinski definition) is 1. The number of hydrazone groups is 1. The maximum absolute atomic E-state index is 11.9. The molecule has 0 bridgehead atoms. The highest BCUT2D eigenvalue weighted by Gasteiger charge is 2.12. The summed E-state index contributed by atoms with van der Waals surface area (Å²) in [5, 5.41) is 4.59. The van der Waals surface area contributed by atoms with Gasteiger partial charge in [0.25, 0.3) is 0 Å². The number of benzene rings is 2. The molecule has 0 saturated carbocycles. The summed E-state index contributed by atoms with van der Waals surface area (Å²) in [7, 11) is 4.60. The molecule has 6 nitrogen and oxygen atoms in total. The normalized spacial score (nSPS) is 10.6. The zero-order valence-electron chi connectivity index (χ0n) is 14.2. The molecule has 0 aromatic heterocycles. The lowest BCUT2D eigenvalue weighted by Crippen LogP contribution is -2.19. The Morgan fingerprint density at radius 2 is 1.68 bits per heavy atom. The lowest BCUT2D eigenvalue weighted by Gasteiger charge is -2.12. The van der Waals surface area contributed by atoms with Crippen LogP contribution in [0.25, 0.3) is 0 Å². The number of amides is 1. The van der Waals surface area contributed by atoms with Crippen molar-refractivity contribution in [2.45, 2.75) is 6.42 Å². The molecule has 0 aliphatic rings. The van der Waals surface area contributed by atoms with Crippen LogP contribution in [0, 0.1) is 0 Å². The van der Waals surface area contributed by atoms with Crippen molar-refractivity contribution in [2.24, 2.45) is 5.10 Å². The van der Waals surface area contributed by atoms with Crippen LogP contribution in [-0.4, -0.2) is 33.5 Å². The first kappa shape index (κ1) is 18.6. The summed E-state index contributed by atoms with van der Waals surface area (Å²) in [5.41, 5.74) is 4.03. The predicted octanol–water partition coefficient (Wildman–Crippen LogP) is 3.06. The van der Waals surface area contributed by atoms with E-state index < -0.39 is 0 Å². The van der Waals surface area contributed by atoms with Gasteiger partial charge in [0.15, 0.2) is 11.5 Å². The number of carbonyl (C=O) groups is 1. The summed E-state index contributed by atoms with van der Waals surface area (Å²) < 4.78 is 15.8. The lowest BCUT2D eigenvalue weighted by molar-refractivity contribution is -0.120. The van der Waals surface area contributed by atoms with Gasteiger partial charge in [-0.05, 0) is 29.8 Å². The van der Waals surface area contributed by atoms with Crippen LogP contribution in [0.3, 0.4) is 0 Å². The number of hydrogen-bond acceptors (Lipinski definition) is 5. The second-order valence-corrected chi connectivity index (χ2v) is 5.49. The molecule has 1 N–H and O–H groups in total. The molecule has 2 aromatic rings. The van der Waals surface area contributed by atoms with Gasteiger partial charge in [-0.2, -0.15) is 5.10 Å². The molecule has 0 spiro atoms. The minimum absolute atomic E-state index is 0.212. The second-order valence-electron chi connectivity index (χ2n) is 5.06. The number of halogens is 1. The number of nitrogens with zero attached hydrogens (tertiary/aromatic N) is 1. The van der Waals surface area contributed by atoms with Crippen LogP contribution in [0.5, 0.6) is 17.2 Å². The predicted molar refractivity (Wildman–Crippen MR) is 97.0 cm³/mol. The molecule has 132 valence electrons. The van der Waals surface area contributed by atoms with Crippen molar-refractivity contribution in [3.63, 3.8) is 0 Å². The number of rotatable bonds is 7. The molecule has 2 aromatic carbocycles. The van der Waals surface area contributed by atoms with E-state index in [9.17, 15) is 4.79 Å². The van der Waals surface area contributed by atoms with Gasteiger partial charge in [-0.1, -0.05) is 23.7 Å². The van der Waals surface area contributed by atoms with Crippen molar-refractivity contribution in [1.82, 2.24) is 5.43 Å². The Kier molecular flexibility index (Phi) is 6.65. The smallest absolute Gasteiger partial charge is 0.244 e. The second kappa shape index (κ2) is 8.94. The Bertz CT molecular complexity index is 735. The molecule has 25 heavy (non-hydrogen) atoms. The van der Waals surface area contributed by atoms with Gasteiger partial charge in [-0.15, -0.1) is 0 Å². The highest BCUT2D eigenvalue weighted by atomic mass is 35.5. The lowest BCUT2D eigenvalue weighted by atomic mass is 10.1. The highest BCUT2D eigenvalue weighted by molar-refractivity contribution is 6.30. The van der Waals surface area contributed by atoms with E-state index in [4.69, 9.17) is 25.8 Å². The van der Waals surface area contributed by atoms with E-state index in [-0.39, 0.29) is 12.3 Å². The van der Waals surface area contributed by atoms with Crippen molar-refractivity contribution in [3.8, 4) is 17.2 Å². The largest absolute Gasteiger partial charge is 0.493 e. The Morgan fingerprint density at radius 3 is 2.20 bits per heavy atom. The number of methoxy groups -OCH3 is 3. The van der Waals surface area contributed by atoms with Crippen LogP contribution in [0.4, 0.5) is 0 Å². The molecule has 0 unspecified atom stereocenters. The third-order valence-corrected chi connectivity index (χ3v) is 3.62. The van der Waals surface area contributed by atoms with Crippen LogP contribution >= 0.6 is 11.6 Å². The Balaban J connectivity index is 2.03. The molecule has 0 fully saturated rings. The van der Waals surface area contributed by atoms with Crippen molar-refractivity contribution in [2.75, 3.05) is 21.3 Å². The Labute approximate surface area is 151 Å². The fraction of sp³-hybridized carbons (Fsp3) is 0.222. The van der Waals surface area contributed by atoms with Gasteiger partial charge in [0, 0.05) is 10.6 Å². The minimum atomic E-state index is -0.231. The average Bonchev–Trinajstić information content (AvgIpc) is 2.62. The van der Waals surface area contributed by atoms with Crippen LogP contribution in [0.15, 0.2) is 41.5 Å². The van der Waals surface area contributed by atoms with E-state index in [0.29, 0.717) is 27.8 Å². The van der Waals surface area contributed by atoms with Crippen molar-refractivity contribution in [1.29, 1.82) is 0 Å². The topological polar surface area (TPSA) is 69.2 Å². The zero-order valence-corrected chi connectivity index (χ0v) is 15.0. The summed E-state index contributed by atoms with van der Waals surface area (Å²) in [6.07, 6.45) is 1.72. The van der Waals surface area contributed by atoms with Gasteiger partial charge in [-0.3, -0.25) is 4.79 Å². The molecule has 0 atom stereocenters. The van der Waals surface area contributed by atoms with E-state index in [0.717, 1.165) is 5.56 Å². The van der Waals surface area contributed by atoms with Crippen LogP contribution in [-0.2, 0) is 11.2 Å². The van der Waals surface area contributed by atoms with E-state index in [1.165, 1.54) is 27.5 Å². The third-order valence-electron chi connectivity index (χ3n) is 3.37. The van der Waals surface area contributed by atoms with Gasteiger partial charge in [0.1, 0.15) is 0 Å². The van der Waals surface area contributed by atoms with Gasteiger partial charge >= 0.3 is 0 Å². The average molecular weight is 363 g/mol. The SMILES string of the molecule is COc1cc(C=NNC(=O)Cc2ccc(Cl)cc2)cc(OC)c1OC. The van der Waals surface area contributed by atoms with Gasteiger partial charge in [0.2, 0.25) is 11.7 Å². The van der Waals surface area contributed by atoms with E-state index >= 15 is 0 Å². The van der Waals surface area contributed by atoms with E-state index in [1.807, 2.05) is 0 Å². The standard InChI is InChI=1S/C18H19ClN2O4/c1-23-15-8-13(9-16(24-2)18(15)25-3)11-20-21-17(22)10-12-4-6-14(19)7-5-12/h4-9,11H,10H2,1-3H3,(H,21,22). The quantitative estimate of drug-likeness (QED) is 0.607. The van der Waals surface area contributed by atoms with Crippen molar-refractivity contribution >= 4 is 23.7 Å². The maximum atomic E-state index is 11.9. The Morgan fingerprint density at radius 1 is 1.08 bits per heavy atom. The van der Waals surface area contributed by atoms with Gasteiger partial charge in [0.05, 0.1) is 34.0 Å². The summed E-state index contributed by atoms with van der Waals surface area (Å²) in [5.74, 6) is 1.28. The minimum Gasteiger partial charge on any atom is -0.493 e. The molecule has 2 rings (SSSR count). The summed E-state index contributed by atoms with van der Waals surface area (Å²) in [6.45, 7) is 0. The molecule has 0 saturated heterocycles. The number of ether oxygens (including phenoxy) is 3. The molecule has 0 heterocycles. The number of nitrogens with one attached hydrogen (secondary N) is 1. The highest BCUT2D eigenvalue weighted by Crippen LogP contribution is 2.37. The van der Waals surface area contributed by atoms with Crippen LogP contribution in [0.2, 0.25) is 5.02 Å². The fourth-order valence-corrected chi connectivity index (χ4v) is 2.31. The first-order valence-corrected chi connectivity index (χ1v) is 7.81. The maximum Gasteiger partial charge on any atom is 0.244 e. The number of carbonyl (C=O) groups excluding carboxylic acids is 1. The first-order valence-electron chi connectivity index (χ1n) is 7.43.